The minimum Gasteiger partial charge on any atom is -0.286 e. The van der Waals surface area contributed by atoms with E-state index in [0.717, 1.165) is 11.8 Å². The predicted octanol–water partition coefficient (Wildman–Crippen LogP) is 1.49. The Morgan fingerprint density at radius 2 is 2.05 bits per heavy atom. The lowest BCUT2D eigenvalue weighted by molar-refractivity contribution is -0.123. The van der Waals surface area contributed by atoms with Gasteiger partial charge in [-0.1, -0.05) is 36.0 Å². The molecule has 2 rings (SSSR count). The minimum atomic E-state index is -3.78. The molecular formula is C12H12N2O3S2. The highest BCUT2D eigenvalue weighted by atomic mass is 32.2. The molecule has 1 heterocycles. The van der Waals surface area contributed by atoms with Crippen LogP contribution in [0.4, 0.5) is 0 Å². The topological polar surface area (TPSA) is 66.8 Å². The summed E-state index contributed by atoms with van der Waals surface area (Å²) in [7, 11) is -3.78. The van der Waals surface area contributed by atoms with Crippen LogP contribution >= 0.6 is 11.8 Å². The Hall–Kier alpha value is -1.60. The summed E-state index contributed by atoms with van der Waals surface area (Å²) >= 11 is 1.12. The monoisotopic (exact) mass is 296 g/mol. The van der Waals surface area contributed by atoms with Crippen molar-refractivity contribution in [3.8, 4) is 0 Å². The highest BCUT2D eigenvalue weighted by molar-refractivity contribution is 8.15. The molecule has 0 radical (unpaired) electrons. The zero-order valence-corrected chi connectivity index (χ0v) is 11.7. The van der Waals surface area contributed by atoms with Crippen LogP contribution in [0, 0.1) is 0 Å². The van der Waals surface area contributed by atoms with Crippen molar-refractivity contribution in [3.05, 3.63) is 43.0 Å². The predicted molar refractivity (Wildman–Crippen MR) is 75.4 cm³/mol. The summed E-state index contributed by atoms with van der Waals surface area (Å²) < 4.78 is 27.9. The van der Waals surface area contributed by atoms with Crippen molar-refractivity contribution in [2.75, 3.05) is 12.3 Å². The third-order valence-electron chi connectivity index (χ3n) is 2.41. The molecule has 0 saturated carbocycles. The second-order valence-electron chi connectivity index (χ2n) is 3.74. The summed E-state index contributed by atoms with van der Waals surface area (Å²) in [5.41, 5.74) is 0. The highest BCUT2D eigenvalue weighted by Crippen LogP contribution is 2.22. The van der Waals surface area contributed by atoms with Crippen molar-refractivity contribution >= 4 is 32.9 Å². The maximum atomic E-state index is 12.1. The first-order chi connectivity index (χ1) is 9.04. The molecule has 0 aromatic heterocycles. The van der Waals surface area contributed by atoms with Crippen LogP contribution in [0.15, 0.2) is 52.3 Å². The first kappa shape index (κ1) is 13.8. The van der Waals surface area contributed by atoms with E-state index in [0.29, 0.717) is 0 Å². The molecule has 7 heteroatoms. The van der Waals surface area contributed by atoms with Crippen molar-refractivity contribution in [3.63, 3.8) is 0 Å². The number of nitrogens with zero attached hydrogens (tertiary/aromatic N) is 2. The van der Waals surface area contributed by atoms with Gasteiger partial charge in [0.1, 0.15) is 0 Å². The smallest absolute Gasteiger partial charge is 0.284 e. The van der Waals surface area contributed by atoms with Gasteiger partial charge in [0.25, 0.3) is 10.0 Å². The molecule has 1 fully saturated rings. The molecule has 1 aliphatic rings. The quantitative estimate of drug-likeness (QED) is 0.790. The highest BCUT2D eigenvalue weighted by Gasteiger charge is 2.29. The van der Waals surface area contributed by atoms with Gasteiger partial charge in [0.15, 0.2) is 5.17 Å². The summed E-state index contributed by atoms with van der Waals surface area (Å²) in [6.07, 6.45) is 1.54. The van der Waals surface area contributed by atoms with Crippen LogP contribution in [0.25, 0.3) is 0 Å². The standard InChI is InChI=1S/C12H12N2O3S2/c1-2-8-14-11(15)9-18-12(14)13-19(16,17)10-6-4-3-5-7-10/h2-7H,1,8-9H2/b13-12-. The Kier molecular flexibility index (Phi) is 4.06. The second-order valence-corrected chi connectivity index (χ2v) is 6.29. The van der Waals surface area contributed by atoms with Crippen LogP contribution in [-0.2, 0) is 14.8 Å². The lowest BCUT2D eigenvalue weighted by Gasteiger charge is -2.12. The minimum absolute atomic E-state index is 0.112. The molecule has 1 aliphatic heterocycles. The van der Waals surface area contributed by atoms with E-state index >= 15 is 0 Å². The lowest BCUT2D eigenvalue weighted by Crippen LogP contribution is -2.30. The number of amidine groups is 1. The van der Waals surface area contributed by atoms with Gasteiger partial charge in [-0.05, 0) is 12.1 Å². The van der Waals surface area contributed by atoms with Crippen LogP contribution in [0.2, 0.25) is 0 Å². The molecule has 0 bridgehead atoms. The lowest BCUT2D eigenvalue weighted by atomic mass is 10.4. The molecule has 0 aliphatic carbocycles. The fourth-order valence-electron chi connectivity index (χ4n) is 1.52. The molecule has 1 amide bonds. The van der Waals surface area contributed by atoms with Crippen molar-refractivity contribution in [2.24, 2.45) is 4.40 Å². The zero-order valence-electron chi connectivity index (χ0n) is 10.0. The Morgan fingerprint density at radius 1 is 1.37 bits per heavy atom. The van der Waals surface area contributed by atoms with Crippen molar-refractivity contribution < 1.29 is 13.2 Å². The fraction of sp³-hybridized carbons (Fsp3) is 0.167. The molecule has 5 nitrogen and oxygen atoms in total. The van der Waals surface area contributed by atoms with Crippen LogP contribution in [0.1, 0.15) is 0 Å². The molecule has 0 spiro atoms. The van der Waals surface area contributed by atoms with Gasteiger partial charge in [-0.2, -0.15) is 8.42 Å². The molecule has 0 unspecified atom stereocenters. The number of thioether (sulfide) groups is 1. The molecule has 100 valence electrons. The van der Waals surface area contributed by atoms with Crippen molar-refractivity contribution in [2.45, 2.75) is 4.90 Å². The summed E-state index contributed by atoms with van der Waals surface area (Å²) in [6, 6.07) is 7.92. The maximum absolute atomic E-state index is 12.1. The molecule has 0 N–H and O–H groups in total. The second kappa shape index (κ2) is 5.58. The van der Waals surface area contributed by atoms with E-state index < -0.39 is 10.0 Å². The number of hydrogen-bond acceptors (Lipinski definition) is 4. The summed E-state index contributed by atoms with van der Waals surface area (Å²) in [6.45, 7) is 3.80. The zero-order chi connectivity index (χ0) is 13.9. The average molecular weight is 296 g/mol. The molecule has 19 heavy (non-hydrogen) atoms. The number of amides is 1. The fourth-order valence-corrected chi connectivity index (χ4v) is 3.68. The van der Waals surface area contributed by atoms with Crippen LogP contribution in [0.3, 0.4) is 0 Å². The van der Waals surface area contributed by atoms with Crippen LogP contribution in [0.5, 0.6) is 0 Å². The molecule has 1 aromatic rings. The largest absolute Gasteiger partial charge is 0.286 e. The normalized spacial score (nSPS) is 18.0. The van der Waals surface area contributed by atoms with E-state index in [4.69, 9.17) is 0 Å². The van der Waals surface area contributed by atoms with Gasteiger partial charge >= 0.3 is 0 Å². The number of rotatable bonds is 4. The third kappa shape index (κ3) is 3.05. The van der Waals surface area contributed by atoms with Crippen LogP contribution in [-0.4, -0.2) is 36.7 Å². The van der Waals surface area contributed by atoms with Crippen molar-refractivity contribution in [1.29, 1.82) is 0 Å². The van der Waals surface area contributed by atoms with Gasteiger partial charge in [-0.3, -0.25) is 9.69 Å². The first-order valence-corrected chi connectivity index (χ1v) is 7.91. The molecule has 0 atom stereocenters. The summed E-state index contributed by atoms with van der Waals surface area (Å²) in [5, 5.41) is 0.203. The Morgan fingerprint density at radius 3 is 2.68 bits per heavy atom. The third-order valence-corrected chi connectivity index (χ3v) is 4.77. The van der Waals surface area contributed by atoms with E-state index in [-0.39, 0.29) is 28.3 Å². The summed E-state index contributed by atoms with van der Waals surface area (Å²) in [5.74, 6) is 0.0451. The Labute approximate surface area is 116 Å². The number of carbonyl (C=O) groups is 1. The van der Waals surface area contributed by atoms with Crippen LogP contribution < -0.4 is 0 Å². The first-order valence-electron chi connectivity index (χ1n) is 5.48. The molecular weight excluding hydrogens is 284 g/mol. The number of carbonyl (C=O) groups excluding carboxylic acids is 1. The van der Waals surface area contributed by atoms with E-state index in [9.17, 15) is 13.2 Å². The van der Waals surface area contributed by atoms with Gasteiger partial charge in [-0.15, -0.1) is 11.0 Å². The van der Waals surface area contributed by atoms with Gasteiger partial charge in [0.2, 0.25) is 5.91 Å². The Bertz CT molecular complexity index is 624. The molecule has 1 saturated heterocycles. The van der Waals surface area contributed by atoms with Gasteiger partial charge in [0.05, 0.1) is 10.6 Å². The van der Waals surface area contributed by atoms with Gasteiger partial charge in [0, 0.05) is 6.54 Å². The Balaban J connectivity index is 2.35. The van der Waals surface area contributed by atoms with Gasteiger partial charge in [-0.25, -0.2) is 0 Å². The van der Waals surface area contributed by atoms with E-state index in [1.807, 2.05) is 0 Å². The van der Waals surface area contributed by atoms with E-state index in [2.05, 4.69) is 11.0 Å². The molecule has 1 aromatic carbocycles. The average Bonchev–Trinajstić information content (AvgIpc) is 2.73. The number of sulfonamides is 1. The SMILES string of the molecule is C=CCN1C(=O)CS/C1=N\S(=O)(=O)c1ccccc1. The van der Waals surface area contributed by atoms with E-state index in [1.54, 1.807) is 18.2 Å². The van der Waals surface area contributed by atoms with E-state index in [1.165, 1.54) is 23.1 Å². The number of benzene rings is 1. The maximum Gasteiger partial charge on any atom is 0.284 e. The number of hydrogen-bond donors (Lipinski definition) is 0. The van der Waals surface area contributed by atoms with Crippen molar-refractivity contribution in [1.82, 2.24) is 4.90 Å². The van der Waals surface area contributed by atoms with Gasteiger partial charge < -0.3 is 0 Å². The summed E-state index contributed by atoms with van der Waals surface area (Å²) in [4.78, 5) is 13.0.